The van der Waals surface area contributed by atoms with Crippen LogP contribution in [0.25, 0.3) is 5.65 Å². The first-order chi connectivity index (χ1) is 10.1. The van der Waals surface area contributed by atoms with Gasteiger partial charge in [-0.3, -0.25) is 9.59 Å². The van der Waals surface area contributed by atoms with Gasteiger partial charge in [-0.1, -0.05) is 0 Å². The molecule has 1 N–H and O–H groups in total. The summed E-state index contributed by atoms with van der Waals surface area (Å²) >= 11 is 0. The maximum absolute atomic E-state index is 12.3. The zero-order valence-electron chi connectivity index (χ0n) is 12.0. The van der Waals surface area contributed by atoms with Gasteiger partial charge in [0.05, 0.1) is 0 Å². The van der Waals surface area contributed by atoms with E-state index in [1.165, 1.54) is 0 Å². The van der Waals surface area contributed by atoms with Crippen LogP contribution in [0.1, 0.15) is 29.6 Å². The number of amides is 2. The number of nitrogens with zero attached hydrogens (tertiary/aromatic N) is 3. The van der Waals surface area contributed by atoms with Gasteiger partial charge in [0, 0.05) is 50.2 Å². The third-order valence-corrected chi connectivity index (χ3v) is 3.94. The van der Waals surface area contributed by atoms with Gasteiger partial charge in [0.25, 0.3) is 5.91 Å². The lowest BCUT2D eigenvalue weighted by molar-refractivity contribution is -0.129. The van der Waals surface area contributed by atoms with Crippen LogP contribution in [0.3, 0.4) is 0 Å². The highest BCUT2D eigenvalue weighted by Gasteiger charge is 2.21. The molecule has 1 unspecified atom stereocenters. The second-order valence-corrected chi connectivity index (χ2v) is 5.42. The Kier molecular flexibility index (Phi) is 3.60. The van der Waals surface area contributed by atoms with Crippen molar-refractivity contribution in [3.63, 3.8) is 0 Å². The second-order valence-electron chi connectivity index (χ2n) is 5.42. The maximum atomic E-state index is 12.3. The Hall–Kier alpha value is -2.37. The zero-order valence-corrected chi connectivity index (χ0v) is 12.0. The molecule has 0 aromatic carbocycles. The Morgan fingerprint density at radius 1 is 1.38 bits per heavy atom. The number of aromatic nitrogens is 2. The molecule has 2 aromatic heterocycles. The van der Waals surface area contributed by atoms with Crippen molar-refractivity contribution < 1.29 is 9.59 Å². The number of rotatable bonds is 2. The molecular weight excluding hydrogens is 268 g/mol. The van der Waals surface area contributed by atoms with Crippen molar-refractivity contribution in [3.8, 4) is 0 Å². The monoisotopic (exact) mass is 286 g/mol. The topological polar surface area (TPSA) is 66.7 Å². The van der Waals surface area contributed by atoms with Crippen LogP contribution < -0.4 is 5.32 Å². The van der Waals surface area contributed by atoms with E-state index in [0.717, 1.165) is 12.1 Å². The summed E-state index contributed by atoms with van der Waals surface area (Å²) in [5.41, 5.74) is 1.34. The number of carbonyl (C=O) groups is 2. The first-order valence-electron chi connectivity index (χ1n) is 7.11. The fourth-order valence-electron chi connectivity index (χ4n) is 2.57. The van der Waals surface area contributed by atoms with E-state index in [9.17, 15) is 9.59 Å². The molecule has 1 aliphatic heterocycles. The van der Waals surface area contributed by atoms with E-state index in [2.05, 4.69) is 10.3 Å². The summed E-state index contributed by atoms with van der Waals surface area (Å²) in [5, 5.41) is 3.02. The Morgan fingerprint density at radius 3 is 3.10 bits per heavy atom. The molecule has 21 heavy (non-hydrogen) atoms. The highest BCUT2D eigenvalue weighted by molar-refractivity contribution is 5.95. The van der Waals surface area contributed by atoms with E-state index in [4.69, 9.17) is 0 Å². The smallest absolute Gasteiger partial charge is 0.251 e. The largest absolute Gasteiger partial charge is 0.349 e. The van der Waals surface area contributed by atoms with E-state index in [1.54, 1.807) is 30.3 Å². The molecule has 6 heteroatoms. The maximum Gasteiger partial charge on any atom is 0.251 e. The van der Waals surface area contributed by atoms with Crippen LogP contribution in [-0.4, -0.2) is 45.7 Å². The van der Waals surface area contributed by atoms with Crippen LogP contribution in [0.2, 0.25) is 0 Å². The van der Waals surface area contributed by atoms with Gasteiger partial charge in [0.15, 0.2) is 0 Å². The summed E-state index contributed by atoms with van der Waals surface area (Å²) in [5.74, 6) is 0.0352. The third-order valence-electron chi connectivity index (χ3n) is 3.94. The molecule has 110 valence electrons. The van der Waals surface area contributed by atoms with Crippen molar-refractivity contribution in [2.45, 2.75) is 25.3 Å². The third kappa shape index (κ3) is 2.89. The Labute approximate surface area is 122 Å². The SMILES string of the molecule is CN1CCC(NC(=O)c2ccn3ccnc3c2)CCC1=O. The Morgan fingerprint density at radius 2 is 2.24 bits per heavy atom. The van der Waals surface area contributed by atoms with Crippen molar-refractivity contribution in [2.75, 3.05) is 13.6 Å². The molecule has 3 heterocycles. The summed E-state index contributed by atoms with van der Waals surface area (Å²) in [6.07, 6.45) is 7.33. The van der Waals surface area contributed by atoms with Crippen molar-refractivity contribution in [2.24, 2.45) is 0 Å². The van der Waals surface area contributed by atoms with Gasteiger partial charge in [-0.25, -0.2) is 4.98 Å². The van der Waals surface area contributed by atoms with Gasteiger partial charge in [-0.05, 0) is 25.0 Å². The van der Waals surface area contributed by atoms with Crippen LogP contribution in [0.4, 0.5) is 0 Å². The van der Waals surface area contributed by atoms with Gasteiger partial charge < -0.3 is 14.6 Å². The van der Waals surface area contributed by atoms with Crippen molar-refractivity contribution in [3.05, 3.63) is 36.3 Å². The van der Waals surface area contributed by atoms with E-state index >= 15 is 0 Å². The molecule has 1 atom stereocenters. The predicted molar refractivity (Wildman–Crippen MR) is 77.9 cm³/mol. The number of carbonyl (C=O) groups excluding carboxylic acids is 2. The second kappa shape index (κ2) is 5.55. The number of pyridine rings is 1. The molecule has 1 saturated heterocycles. The molecule has 0 radical (unpaired) electrons. The molecule has 0 spiro atoms. The normalized spacial score (nSPS) is 19.6. The molecule has 2 aromatic rings. The van der Waals surface area contributed by atoms with Crippen LogP contribution in [0.15, 0.2) is 30.7 Å². The number of fused-ring (bicyclic) bond motifs is 1. The van der Waals surface area contributed by atoms with Crippen molar-refractivity contribution in [1.82, 2.24) is 19.6 Å². The molecular formula is C15H18N4O2. The summed E-state index contributed by atoms with van der Waals surface area (Å²) in [6.45, 7) is 0.684. The lowest BCUT2D eigenvalue weighted by Gasteiger charge is -2.16. The summed E-state index contributed by atoms with van der Waals surface area (Å²) in [4.78, 5) is 29.8. The minimum atomic E-state index is -0.109. The van der Waals surface area contributed by atoms with Gasteiger partial charge in [0.2, 0.25) is 5.91 Å². The molecule has 1 fully saturated rings. The quantitative estimate of drug-likeness (QED) is 0.898. The highest BCUT2D eigenvalue weighted by Crippen LogP contribution is 2.12. The highest BCUT2D eigenvalue weighted by atomic mass is 16.2. The molecule has 2 amide bonds. The number of likely N-dealkylation sites (tertiary alicyclic amines) is 1. The molecule has 6 nitrogen and oxygen atoms in total. The van der Waals surface area contributed by atoms with E-state index < -0.39 is 0 Å². The average molecular weight is 286 g/mol. The molecule has 1 aliphatic rings. The minimum Gasteiger partial charge on any atom is -0.349 e. The zero-order chi connectivity index (χ0) is 14.8. The summed E-state index contributed by atoms with van der Waals surface area (Å²) in [7, 11) is 1.80. The Bertz CT molecular complexity index is 679. The van der Waals surface area contributed by atoms with Crippen LogP contribution in [-0.2, 0) is 4.79 Å². The number of hydrogen-bond donors (Lipinski definition) is 1. The van der Waals surface area contributed by atoms with Crippen molar-refractivity contribution >= 4 is 17.5 Å². The lowest BCUT2D eigenvalue weighted by Crippen LogP contribution is -2.35. The fraction of sp³-hybridized carbons (Fsp3) is 0.400. The minimum absolute atomic E-state index is 0.0439. The van der Waals surface area contributed by atoms with Gasteiger partial charge in [-0.2, -0.15) is 0 Å². The van der Waals surface area contributed by atoms with Crippen LogP contribution in [0, 0.1) is 0 Å². The van der Waals surface area contributed by atoms with E-state index in [-0.39, 0.29) is 17.9 Å². The first-order valence-corrected chi connectivity index (χ1v) is 7.11. The molecule has 0 bridgehead atoms. The van der Waals surface area contributed by atoms with Gasteiger partial charge in [-0.15, -0.1) is 0 Å². The first kappa shape index (κ1) is 13.6. The predicted octanol–water partition coefficient (Wildman–Crippen LogP) is 1.07. The number of nitrogens with one attached hydrogen (secondary N) is 1. The number of hydrogen-bond acceptors (Lipinski definition) is 3. The summed E-state index contributed by atoms with van der Waals surface area (Å²) in [6, 6.07) is 3.59. The Balaban J connectivity index is 1.69. The van der Waals surface area contributed by atoms with Crippen LogP contribution >= 0.6 is 0 Å². The summed E-state index contributed by atoms with van der Waals surface area (Å²) < 4.78 is 1.86. The van der Waals surface area contributed by atoms with Crippen LogP contribution in [0.5, 0.6) is 0 Å². The van der Waals surface area contributed by atoms with Crippen molar-refractivity contribution in [1.29, 1.82) is 0 Å². The fourth-order valence-corrected chi connectivity index (χ4v) is 2.57. The molecule has 3 rings (SSSR count). The van der Waals surface area contributed by atoms with E-state index in [1.807, 2.05) is 16.8 Å². The lowest BCUT2D eigenvalue weighted by atomic mass is 10.1. The number of imidazole rings is 1. The average Bonchev–Trinajstić information content (AvgIpc) is 2.90. The van der Waals surface area contributed by atoms with E-state index in [0.29, 0.717) is 24.9 Å². The van der Waals surface area contributed by atoms with Gasteiger partial charge in [0.1, 0.15) is 5.65 Å². The molecule has 0 saturated carbocycles. The standard InChI is InChI=1S/C15H18N4O2/c1-18-7-5-12(2-3-14(18)20)17-15(21)11-4-8-19-9-6-16-13(19)10-11/h4,6,8-10,12H,2-3,5,7H2,1H3,(H,17,21). The van der Waals surface area contributed by atoms with Gasteiger partial charge >= 0.3 is 0 Å². The molecule has 0 aliphatic carbocycles.